The minimum atomic E-state index is -0.575. The van der Waals surface area contributed by atoms with Gasteiger partial charge in [-0.3, -0.25) is 19.9 Å². The Morgan fingerprint density at radius 2 is 2.05 bits per heavy atom. The molecule has 1 fully saturated rings. The Balaban J connectivity index is 1.30. The Hall–Kier alpha value is -5.00. The molecule has 0 atom stereocenters. The van der Waals surface area contributed by atoms with E-state index in [4.69, 9.17) is 4.98 Å². The van der Waals surface area contributed by atoms with Gasteiger partial charge >= 0.3 is 0 Å². The summed E-state index contributed by atoms with van der Waals surface area (Å²) < 4.78 is 17.9. The van der Waals surface area contributed by atoms with Gasteiger partial charge < -0.3 is 14.9 Å². The fraction of sp³-hybridized carbons (Fsp3) is 0.192. The second-order valence-corrected chi connectivity index (χ2v) is 9.40. The lowest BCUT2D eigenvalue weighted by molar-refractivity contribution is -0.122. The summed E-state index contributed by atoms with van der Waals surface area (Å²) in [5.74, 6) is -0.233. The van der Waals surface area contributed by atoms with Gasteiger partial charge in [-0.05, 0) is 31.9 Å². The van der Waals surface area contributed by atoms with Crippen molar-refractivity contribution in [1.82, 2.24) is 44.7 Å². The van der Waals surface area contributed by atoms with Crippen LogP contribution in [0.5, 0.6) is 0 Å². The van der Waals surface area contributed by atoms with Crippen LogP contribution in [0.2, 0.25) is 0 Å². The first-order valence-electron chi connectivity index (χ1n) is 12.2. The van der Waals surface area contributed by atoms with Crippen molar-refractivity contribution in [2.45, 2.75) is 26.2 Å². The highest BCUT2D eigenvalue weighted by atomic mass is 19.1. The Bertz CT molecular complexity index is 1850. The predicted octanol–water partition coefficient (Wildman–Crippen LogP) is 4.33. The van der Waals surface area contributed by atoms with Crippen molar-refractivity contribution >= 4 is 33.7 Å². The molecule has 1 aliphatic rings. The molecular weight excluding hydrogens is 487 g/mol. The van der Waals surface area contributed by atoms with E-state index in [0.717, 1.165) is 30.6 Å². The van der Waals surface area contributed by atoms with Gasteiger partial charge in [-0.15, -0.1) is 0 Å². The normalized spacial score (nSPS) is 13.7. The molecule has 38 heavy (non-hydrogen) atoms. The van der Waals surface area contributed by atoms with E-state index in [0.29, 0.717) is 39.4 Å². The highest BCUT2D eigenvalue weighted by Gasteiger charge is 2.26. The van der Waals surface area contributed by atoms with E-state index >= 15 is 4.39 Å². The summed E-state index contributed by atoms with van der Waals surface area (Å²) in [7, 11) is 0. The largest absolute Gasteiger partial charge is 0.324 e. The van der Waals surface area contributed by atoms with Crippen LogP contribution in [0.15, 0.2) is 49.4 Å². The van der Waals surface area contributed by atoms with Gasteiger partial charge in [-0.1, -0.05) is 6.42 Å². The monoisotopic (exact) mass is 508 g/mol. The molecule has 3 N–H and O–H groups in total. The van der Waals surface area contributed by atoms with Crippen LogP contribution in [0.1, 0.15) is 25.0 Å². The Morgan fingerprint density at radius 1 is 1.16 bits per heavy atom. The predicted molar refractivity (Wildman–Crippen MR) is 138 cm³/mol. The molecular formula is C26H21FN10O. The van der Waals surface area contributed by atoms with Crippen molar-refractivity contribution in [3.63, 3.8) is 0 Å². The van der Waals surface area contributed by atoms with E-state index in [-0.39, 0.29) is 22.9 Å². The Kier molecular flexibility index (Phi) is 4.99. The van der Waals surface area contributed by atoms with Crippen LogP contribution in [-0.4, -0.2) is 50.6 Å². The van der Waals surface area contributed by atoms with Gasteiger partial charge in [0.1, 0.15) is 16.9 Å². The number of halogens is 1. The number of rotatable bonds is 5. The molecule has 0 unspecified atom stereocenters. The Labute approximate surface area is 214 Å². The quantitative estimate of drug-likeness (QED) is 0.314. The van der Waals surface area contributed by atoms with Crippen LogP contribution >= 0.6 is 0 Å². The van der Waals surface area contributed by atoms with Gasteiger partial charge in [0.25, 0.3) is 0 Å². The van der Waals surface area contributed by atoms with E-state index in [1.807, 2.05) is 23.8 Å². The summed E-state index contributed by atoms with van der Waals surface area (Å²) in [5.41, 5.74) is 4.54. The second-order valence-electron chi connectivity index (χ2n) is 9.40. The highest BCUT2D eigenvalue weighted by molar-refractivity contribution is 5.96. The number of carbonyl (C=O) groups is 1. The zero-order valence-electron chi connectivity index (χ0n) is 20.2. The number of hydrogen-bond acceptors (Lipinski definition) is 7. The molecule has 1 saturated carbocycles. The SMILES string of the molecule is Cc1cn(-c2ccnc3[nH]c(-c4n[nH]c5cnc(-c6cncc(NC(=O)C7CCC7)c6)c(F)c45)nc23)cn1. The average molecular weight is 509 g/mol. The summed E-state index contributed by atoms with van der Waals surface area (Å²) >= 11 is 0. The molecule has 1 aliphatic carbocycles. The molecule has 11 nitrogen and oxygen atoms in total. The minimum absolute atomic E-state index is 0.0231. The number of fused-ring (bicyclic) bond motifs is 2. The van der Waals surface area contributed by atoms with Crippen molar-refractivity contribution in [3.8, 4) is 28.5 Å². The minimum Gasteiger partial charge on any atom is -0.324 e. The molecule has 0 radical (unpaired) electrons. The van der Waals surface area contributed by atoms with Crippen molar-refractivity contribution in [3.05, 3.63) is 61.0 Å². The van der Waals surface area contributed by atoms with Crippen LogP contribution in [0.4, 0.5) is 10.1 Å². The topological polar surface area (TPSA) is 143 Å². The van der Waals surface area contributed by atoms with Gasteiger partial charge in [0.2, 0.25) is 5.91 Å². The molecule has 6 aromatic heterocycles. The van der Waals surface area contributed by atoms with Crippen molar-refractivity contribution < 1.29 is 9.18 Å². The van der Waals surface area contributed by atoms with Gasteiger partial charge in [-0.2, -0.15) is 5.10 Å². The number of pyridine rings is 3. The van der Waals surface area contributed by atoms with Crippen LogP contribution in [-0.2, 0) is 4.79 Å². The number of carbonyl (C=O) groups excluding carboxylic acids is 1. The molecule has 188 valence electrons. The highest BCUT2D eigenvalue weighted by Crippen LogP contribution is 2.34. The number of anilines is 1. The average Bonchev–Trinajstić information content (AvgIpc) is 3.61. The summed E-state index contributed by atoms with van der Waals surface area (Å²) in [6.45, 7) is 1.91. The number of aromatic amines is 2. The van der Waals surface area contributed by atoms with Crippen LogP contribution in [0.3, 0.4) is 0 Å². The van der Waals surface area contributed by atoms with Crippen LogP contribution in [0, 0.1) is 18.7 Å². The van der Waals surface area contributed by atoms with Crippen molar-refractivity contribution in [2.24, 2.45) is 5.92 Å². The standard InChI is InChI=1S/C26H21FN10O/c1-13-11-37(12-31-13)18-5-6-29-24-22(18)33-25(34-24)23-19-17(35-36-23)10-30-21(20(19)27)15-7-16(9-28-8-15)32-26(38)14-3-2-4-14/h5-12,14H,2-4H2,1H3,(H,32,38)(H,35,36)(H,29,33,34). The van der Waals surface area contributed by atoms with Gasteiger partial charge in [0.15, 0.2) is 17.3 Å². The lowest BCUT2D eigenvalue weighted by atomic mass is 9.85. The molecule has 0 saturated heterocycles. The summed E-state index contributed by atoms with van der Waals surface area (Å²) in [5, 5.41) is 10.3. The Morgan fingerprint density at radius 3 is 2.84 bits per heavy atom. The fourth-order valence-electron chi connectivity index (χ4n) is 4.67. The zero-order valence-corrected chi connectivity index (χ0v) is 20.2. The summed E-state index contributed by atoms with van der Waals surface area (Å²) in [6.07, 6.45) is 12.7. The maximum Gasteiger partial charge on any atom is 0.227 e. The number of hydrogen-bond donors (Lipinski definition) is 3. The second kappa shape index (κ2) is 8.54. The zero-order chi connectivity index (χ0) is 25.8. The third-order valence-corrected chi connectivity index (χ3v) is 6.88. The smallest absolute Gasteiger partial charge is 0.227 e. The van der Waals surface area contributed by atoms with Gasteiger partial charge in [0, 0.05) is 30.1 Å². The molecule has 1 amide bonds. The molecule has 6 aromatic rings. The lowest BCUT2D eigenvalue weighted by Gasteiger charge is -2.24. The molecule has 12 heteroatoms. The van der Waals surface area contributed by atoms with Crippen molar-refractivity contribution in [1.29, 1.82) is 0 Å². The van der Waals surface area contributed by atoms with Crippen LogP contribution in [0.25, 0.3) is 50.5 Å². The molecule has 0 aliphatic heterocycles. The van der Waals surface area contributed by atoms with Gasteiger partial charge in [0.05, 0.1) is 46.7 Å². The third-order valence-electron chi connectivity index (χ3n) is 6.88. The van der Waals surface area contributed by atoms with E-state index in [9.17, 15) is 4.79 Å². The first kappa shape index (κ1) is 22.2. The first-order valence-corrected chi connectivity index (χ1v) is 12.2. The summed E-state index contributed by atoms with van der Waals surface area (Å²) in [6, 6.07) is 3.51. The van der Waals surface area contributed by atoms with Gasteiger partial charge in [-0.25, -0.2) is 19.3 Å². The molecule has 7 rings (SSSR count). The number of amides is 1. The summed E-state index contributed by atoms with van der Waals surface area (Å²) in [4.78, 5) is 37.4. The molecule has 0 spiro atoms. The molecule has 0 aromatic carbocycles. The van der Waals surface area contributed by atoms with E-state index in [1.165, 1.54) is 12.4 Å². The number of H-pyrrole nitrogens is 2. The third kappa shape index (κ3) is 3.60. The molecule has 0 bridgehead atoms. The number of aromatic nitrogens is 9. The molecule has 6 heterocycles. The van der Waals surface area contributed by atoms with Crippen LogP contribution < -0.4 is 5.32 Å². The van der Waals surface area contributed by atoms with Crippen molar-refractivity contribution in [2.75, 3.05) is 5.32 Å². The maximum atomic E-state index is 16.0. The number of aryl methyl sites for hydroxylation is 1. The maximum absolute atomic E-state index is 16.0. The number of imidazole rings is 2. The van der Waals surface area contributed by atoms with E-state index < -0.39 is 5.82 Å². The number of nitrogens with zero attached hydrogens (tertiary/aromatic N) is 7. The number of nitrogens with one attached hydrogen (secondary N) is 3. The van der Waals surface area contributed by atoms with E-state index in [2.05, 4.69) is 40.4 Å². The lowest BCUT2D eigenvalue weighted by Crippen LogP contribution is -2.28. The fourth-order valence-corrected chi connectivity index (χ4v) is 4.67. The van der Waals surface area contributed by atoms with E-state index in [1.54, 1.807) is 24.8 Å². The first-order chi connectivity index (χ1) is 18.5.